The molecule has 45 heavy (non-hydrogen) atoms. The second-order valence-electron chi connectivity index (χ2n) is 9.55. The number of rotatable bonds is 11. The zero-order valence-electron chi connectivity index (χ0n) is 25.0. The van der Waals surface area contributed by atoms with Crippen molar-refractivity contribution in [3.63, 3.8) is 0 Å². The third-order valence-corrected chi connectivity index (χ3v) is 7.48. The molecule has 0 aliphatic carbocycles. The summed E-state index contributed by atoms with van der Waals surface area (Å²) in [5, 5.41) is 5.09. The first-order valence-corrected chi connectivity index (χ1v) is 14.7. The van der Waals surface area contributed by atoms with E-state index in [1.165, 1.54) is 39.7 Å². The van der Waals surface area contributed by atoms with Crippen LogP contribution in [0.25, 0.3) is 22.0 Å². The van der Waals surface area contributed by atoms with Crippen LogP contribution in [0.1, 0.15) is 33.3 Å². The summed E-state index contributed by atoms with van der Waals surface area (Å²) in [4.78, 5) is 29.7. The number of ether oxygens (including phenoxy) is 5. The molecule has 0 spiro atoms. The Morgan fingerprint density at radius 3 is 2.27 bits per heavy atom. The van der Waals surface area contributed by atoms with Crippen LogP contribution in [-0.2, 0) is 0 Å². The number of nitrogens with zero attached hydrogens (tertiary/aromatic N) is 1. The van der Waals surface area contributed by atoms with Gasteiger partial charge in [-0.15, -0.1) is 0 Å². The summed E-state index contributed by atoms with van der Waals surface area (Å²) in [6, 6.07) is 23.4. The van der Waals surface area contributed by atoms with Crippen molar-refractivity contribution in [3.05, 3.63) is 100 Å². The van der Waals surface area contributed by atoms with E-state index < -0.39 is 11.9 Å². The summed E-state index contributed by atoms with van der Waals surface area (Å²) in [6.07, 6.45) is 1.48. The molecule has 1 aromatic heterocycles. The molecule has 0 bridgehead atoms. The highest BCUT2D eigenvalue weighted by Crippen LogP contribution is 2.39. The molecule has 0 unspecified atom stereocenters. The SMILES string of the molecule is CCOc1cc(C=NNC(=O)c2[nH]c3c(Br)cccc3c2-c2ccccc2)ccc1OC(=O)c1cc(OC)c(OC)c(OC)c1. The molecule has 0 radical (unpaired) electrons. The summed E-state index contributed by atoms with van der Waals surface area (Å²) in [6.45, 7) is 2.14. The van der Waals surface area contributed by atoms with Crippen molar-refractivity contribution in [2.75, 3.05) is 27.9 Å². The van der Waals surface area contributed by atoms with Gasteiger partial charge in [-0.25, -0.2) is 10.2 Å². The fourth-order valence-electron chi connectivity index (χ4n) is 4.79. The van der Waals surface area contributed by atoms with E-state index >= 15 is 0 Å². The number of aromatic nitrogens is 1. The van der Waals surface area contributed by atoms with Crippen LogP contribution in [0, 0.1) is 0 Å². The Morgan fingerprint density at radius 1 is 0.867 bits per heavy atom. The number of benzene rings is 4. The smallest absolute Gasteiger partial charge is 0.343 e. The maximum Gasteiger partial charge on any atom is 0.343 e. The van der Waals surface area contributed by atoms with E-state index in [0.29, 0.717) is 40.9 Å². The summed E-state index contributed by atoms with van der Waals surface area (Å²) in [5.74, 6) is 0.457. The number of carbonyl (C=O) groups is 2. The lowest BCUT2D eigenvalue weighted by Gasteiger charge is -2.15. The van der Waals surface area contributed by atoms with Gasteiger partial charge in [-0.1, -0.05) is 42.5 Å². The molecule has 5 rings (SSSR count). The molecule has 1 heterocycles. The van der Waals surface area contributed by atoms with Crippen molar-refractivity contribution in [1.29, 1.82) is 0 Å². The Bertz CT molecular complexity index is 1860. The quantitative estimate of drug-likeness (QED) is 0.0671. The van der Waals surface area contributed by atoms with Crippen molar-refractivity contribution in [1.82, 2.24) is 10.4 Å². The summed E-state index contributed by atoms with van der Waals surface area (Å²) < 4.78 is 28.3. The number of hydrogen-bond acceptors (Lipinski definition) is 8. The Hall–Kier alpha value is -5.29. The van der Waals surface area contributed by atoms with E-state index in [0.717, 1.165) is 26.5 Å². The molecule has 0 atom stereocenters. The van der Waals surface area contributed by atoms with Crippen molar-refractivity contribution >= 4 is 44.9 Å². The maximum atomic E-state index is 13.3. The van der Waals surface area contributed by atoms with Crippen LogP contribution in [0.2, 0.25) is 0 Å². The van der Waals surface area contributed by atoms with Gasteiger partial charge < -0.3 is 28.7 Å². The molecule has 0 aliphatic rings. The fourth-order valence-corrected chi connectivity index (χ4v) is 5.26. The van der Waals surface area contributed by atoms with E-state index in [9.17, 15) is 9.59 Å². The van der Waals surface area contributed by atoms with Crippen molar-refractivity contribution < 1.29 is 33.3 Å². The van der Waals surface area contributed by atoms with Gasteiger partial charge in [0.1, 0.15) is 5.69 Å². The average molecular weight is 673 g/mol. The Kier molecular flexibility index (Phi) is 9.69. The first kappa shape index (κ1) is 31.1. The second-order valence-corrected chi connectivity index (χ2v) is 10.4. The third-order valence-electron chi connectivity index (χ3n) is 6.82. The minimum Gasteiger partial charge on any atom is -0.493 e. The molecule has 0 saturated heterocycles. The Morgan fingerprint density at radius 2 is 1.60 bits per heavy atom. The van der Waals surface area contributed by atoms with Crippen LogP contribution in [0.3, 0.4) is 0 Å². The zero-order valence-corrected chi connectivity index (χ0v) is 26.6. The lowest BCUT2D eigenvalue weighted by Crippen LogP contribution is -2.18. The molecule has 0 fully saturated rings. The number of hydrazone groups is 1. The molecular formula is C34H30BrN3O7. The Balaban J connectivity index is 1.36. The van der Waals surface area contributed by atoms with Gasteiger partial charge in [0.25, 0.3) is 5.91 Å². The lowest BCUT2D eigenvalue weighted by molar-refractivity contribution is 0.0727. The van der Waals surface area contributed by atoms with Gasteiger partial charge in [-0.05, 0) is 70.4 Å². The third kappa shape index (κ3) is 6.63. The van der Waals surface area contributed by atoms with Crippen molar-refractivity contribution in [3.8, 4) is 39.9 Å². The second kappa shape index (κ2) is 14.0. The minimum atomic E-state index is -0.650. The number of carbonyl (C=O) groups excluding carboxylic acids is 2. The number of methoxy groups -OCH3 is 3. The first-order valence-electron chi connectivity index (χ1n) is 13.9. The standard InChI is InChI=1S/C34H30BrN3O7/c1-5-44-26-16-20(14-15-25(26)45-34(40)22-17-27(41-2)32(43-4)28(18-22)42-3)19-36-38-33(39)31-29(21-10-7-6-8-11-21)23-12-9-13-24(35)30(23)37-31/h6-19,37H,5H2,1-4H3,(H,38,39). The van der Waals surface area contributed by atoms with E-state index in [1.807, 2.05) is 55.5 Å². The van der Waals surface area contributed by atoms with Gasteiger partial charge in [0.2, 0.25) is 5.75 Å². The van der Waals surface area contributed by atoms with Crippen LogP contribution in [0.15, 0.2) is 88.4 Å². The molecule has 2 N–H and O–H groups in total. The van der Waals surface area contributed by atoms with Crippen molar-refractivity contribution in [2.24, 2.45) is 5.10 Å². The highest BCUT2D eigenvalue weighted by Gasteiger charge is 2.21. The largest absolute Gasteiger partial charge is 0.493 e. The highest BCUT2D eigenvalue weighted by atomic mass is 79.9. The maximum absolute atomic E-state index is 13.3. The van der Waals surface area contributed by atoms with Crippen LogP contribution in [0.5, 0.6) is 28.7 Å². The normalized spacial score (nSPS) is 11.0. The number of aromatic amines is 1. The van der Waals surface area contributed by atoms with Gasteiger partial charge in [0.05, 0.1) is 45.2 Å². The number of fused-ring (bicyclic) bond motifs is 1. The highest BCUT2D eigenvalue weighted by molar-refractivity contribution is 9.10. The van der Waals surface area contributed by atoms with Gasteiger partial charge in [0, 0.05) is 15.4 Å². The monoisotopic (exact) mass is 671 g/mol. The topological polar surface area (TPSA) is 120 Å². The van der Waals surface area contributed by atoms with Gasteiger partial charge in [-0.3, -0.25) is 4.79 Å². The average Bonchev–Trinajstić information content (AvgIpc) is 3.46. The minimum absolute atomic E-state index is 0.194. The number of para-hydroxylation sites is 1. The molecule has 230 valence electrons. The fraction of sp³-hybridized carbons (Fsp3) is 0.147. The molecule has 11 heteroatoms. The number of H-pyrrole nitrogens is 1. The van der Waals surface area contributed by atoms with Gasteiger partial charge in [0.15, 0.2) is 23.0 Å². The molecule has 0 aliphatic heterocycles. The molecular weight excluding hydrogens is 642 g/mol. The molecule has 1 amide bonds. The predicted molar refractivity (Wildman–Crippen MR) is 175 cm³/mol. The number of halogens is 1. The van der Waals surface area contributed by atoms with Gasteiger partial charge in [-0.2, -0.15) is 5.10 Å². The number of amides is 1. The van der Waals surface area contributed by atoms with Crippen LogP contribution in [-0.4, -0.2) is 51.0 Å². The van der Waals surface area contributed by atoms with Crippen molar-refractivity contribution in [2.45, 2.75) is 6.92 Å². The van der Waals surface area contributed by atoms with Crippen LogP contribution < -0.4 is 29.1 Å². The van der Waals surface area contributed by atoms with Crippen LogP contribution in [0.4, 0.5) is 0 Å². The van der Waals surface area contributed by atoms with Crippen LogP contribution >= 0.6 is 15.9 Å². The summed E-state index contributed by atoms with van der Waals surface area (Å²) in [5.41, 5.74) is 6.27. The van der Waals surface area contributed by atoms with E-state index in [1.54, 1.807) is 18.2 Å². The number of esters is 1. The number of nitrogens with one attached hydrogen (secondary N) is 2. The van der Waals surface area contributed by atoms with Gasteiger partial charge >= 0.3 is 5.97 Å². The summed E-state index contributed by atoms with van der Waals surface area (Å²) >= 11 is 3.57. The van der Waals surface area contributed by atoms with E-state index in [4.69, 9.17) is 23.7 Å². The van der Waals surface area contributed by atoms with E-state index in [2.05, 4.69) is 31.4 Å². The first-order chi connectivity index (χ1) is 21.9. The molecule has 4 aromatic carbocycles. The molecule has 5 aromatic rings. The zero-order chi connectivity index (χ0) is 31.9. The molecule has 10 nitrogen and oxygen atoms in total. The number of hydrogen-bond donors (Lipinski definition) is 2. The van der Waals surface area contributed by atoms with E-state index in [-0.39, 0.29) is 11.3 Å². The Labute approximate surface area is 268 Å². The summed E-state index contributed by atoms with van der Waals surface area (Å²) in [7, 11) is 4.40. The lowest BCUT2D eigenvalue weighted by atomic mass is 10.0. The molecule has 0 saturated carbocycles. The predicted octanol–water partition coefficient (Wildman–Crippen LogP) is 7.01.